The fourth-order valence-corrected chi connectivity index (χ4v) is 6.48. The molecular weight excluding hydrogens is 425 g/mol. The molecule has 180 valence electrons. The van der Waals surface area contributed by atoms with Crippen LogP contribution in [-0.2, 0) is 20.8 Å². The largest absolute Gasteiger partial charge is 1.00 e. The molecule has 2 heterocycles. The van der Waals surface area contributed by atoms with Crippen molar-refractivity contribution in [3.63, 3.8) is 0 Å². The standard InChI is InChI=1S/C26H36N3O4.Li/c1-15(28-22(30)17-9-7-16(14-27)8-10-17)23(31)29-11-5-6-19(29)24-32-21-13-18-12-20(25(18,2)3)26(21,4)33-24;/h7-10,15,19-21,24H,5-6,11-14,27H2,1-4H3,(H,28,30);/q-1;+1/t15-,19+,20+,21-,24?,26+;/m1./s1. The molecule has 2 bridgehead atoms. The van der Waals surface area contributed by atoms with Crippen LogP contribution >= 0.6 is 0 Å². The predicted molar refractivity (Wildman–Crippen MR) is 124 cm³/mol. The molecule has 5 fully saturated rings. The Morgan fingerprint density at radius 2 is 1.94 bits per heavy atom. The van der Waals surface area contributed by atoms with Crippen molar-refractivity contribution < 1.29 is 37.9 Å². The number of nitrogens with zero attached hydrogens (tertiary/aromatic N) is 1. The molecule has 7 nitrogen and oxygen atoms in total. The van der Waals surface area contributed by atoms with Crippen LogP contribution in [0, 0.1) is 17.3 Å². The summed E-state index contributed by atoms with van der Waals surface area (Å²) in [5.41, 5.74) is 7.01. The van der Waals surface area contributed by atoms with E-state index in [1.807, 2.05) is 17.0 Å². The summed E-state index contributed by atoms with van der Waals surface area (Å²) < 4.78 is 13.1. The molecule has 34 heavy (non-hydrogen) atoms. The van der Waals surface area contributed by atoms with Crippen molar-refractivity contribution in [2.45, 2.75) is 90.0 Å². The van der Waals surface area contributed by atoms with Gasteiger partial charge in [-0.2, -0.15) is 11.8 Å². The first-order valence-electron chi connectivity index (χ1n) is 12.2. The van der Waals surface area contributed by atoms with Crippen LogP contribution in [0.25, 0.3) is 0 Å². The van der Waals surface area contributed by atoms with E-state index < -0.39 is 12.3 Å². The molecule has 1 aromatic rings. The van der Waals surface area contributed by atoms with E-state index in [0.717, 1.165) is 31.2 Å². The number of ether oxygens (including phenoxy) is 2. The second kappa shape index (κ2) is 9.26. The summed E-state index contributed by atoms with van der Waals surface area (Å²) in [6, 6.07) is 6.39. The number of hydrogen-bond donors (Lipinski definition) is 2. The van der Waals surface area contributed by atoms with E-state index in [9.17, 15) is 9.59 Å². The van der Waals surface area contributed by atoms with Crippen molar-refractivity contribution in [3.8, 4) is 0 Å². The molecule has 8 heteroatoms. The van der Waals surface area contributed by atoms with Gasteiger partial charge >= 0.3 is 18.9 Å². The van der Waals surface area contributed by atoms with Gasteiger partial charge in [0.05, 0.1) is 17.7 Å². The van der Waals surface area contributed by atoms with Gasteiger partial charge in [-0.3, -0.25) is 9.59 Å². The van der Waals surface area contributed by atoms with Crippen molar-refractivity contribution >= 4 is 11.8 Å². The molecule has 1 unspecified atom stereocenters. The normalized spacial score (nSPS) is 34.6. The SMILES string of the molecule is C[C@@H](NC(=O)c1ccc(CN)cc1)C(=O)N1CCC[C@H]1C1O[C@@H]2C[C-]3C[C@@H](C3(C)C)[C@]2(C)O1.[Li+]. The first-order chi connectivity index (χ1) is 15.6. The molecule has 2 amide bonds. The van der Waals surface area contributed by atoms with E-state index in [-0.39, 0.29) is 53.8 Å². The van der Waals surface area contributed by atoms with E-state index in [1.165, 1.54) is 0 Å². The summed E-state index contributed by atoms with van der Waals surface area (Å²) in [6.45, 7) is 9.65. The Balaban J connectivity index is 0.00000274. The first-order valence-corrected chi connectivity index (χ1v) is 12.2. The van der Waals surface area contributed by atoms with E-state index in [4.69, 9.17) is 15.2 Å². The number of nitrogens with two attached hydrogens (primary N) is 1. The maximum Gasteiger partial charge on any atom is 1.00 e. The Bertz CT molecular complexity index is 938. The molecule has 6 rings (SSSR count). The summed E-state index contributed by atoms with van der Waals surface area (Å²) >= 11 is 0. The van der Waals surface area contributed by atoms with Crippen molar-refractivity contribution in [1.82, 2.24) is 10.2 Å². The molecule has 3 saturated carbocycles. The first kappa shape index (κ1) is 25.7. The zero-order chi connectivity index (χ0) is 23.5. The Morgan fingerprint density at radius 3 is 2.59 bits per heavy atom. The molecule has 2 saturated heterocycles. The molecule has 6 atom stereocenters. The minimum Gasteiger partial charge on any atom is -0.347 e. The predicted octanol–water partition coefficient (Wildman–Crippen LogP) is -0.217. The van der Waals surface area contributed by atoms with Crippen LogP contribution in [0.3, 0.4) is 0 Å². The molecule has 0 aromatic heterocycles. The van der Waals surface area contributed by atoms with Gasteiger partial charge in [0.25, 0.3) is 5.91 Å². The van der Waals surface area contributed by atoms with Gasteiger partial charge in [0.15, 0.2) is 6.29 Å². The average molecular weight is 462 g/mol. The Labute approximate surface area is 214 Å². The van der Waals surface area contributed by atoms with Crippen LogP contribution in [-0.4, -0.2) is 53.3 Å². The molecule has 3 aliphatic carbocycles. The third-order valence-corrected chi connectivity index (χ3v) is 8.73. The third kappa shape index (κ3) is 4.04. The van der Waals surface area contributed by atoms with Crippen molar-refractivity contribution in [3.05, 3.63) is 41.3 Å². The van der Waals surface area contributed by atoms with Gasteiger partial charge in [0.2, 0.25) is 5.91 Å². The van der Waals surface area contributed by atoms with Gasteiger partial charge < -0.3 is 31.3 Å². The smallest absolute Gasteiger partial charge is 0.347 e. The monoisotopic (exact) mass is 461 g/mol. The number of carbonyl (C=O) groups is 2. The van der Waals surface area contributed by atoms with Crippen molar-refractivity contribution in [2.24, 2.45) is 17.1 Å². The van der Waals surface area contributed by atoms with E-state index in [0.29, 0.717) is 24.6 Å². The molecular formula is C26H36LiN3O4. The van der Waals surface area contributed by atoms with E-state index in [2.05, 4.69) is 26.1 Å². The third-order valence-electron chi connectivity index (χ3n) is 8.73. The maximum atomic E-state index is 13.3. The molecule has 0 spiro atoms. The zero-order valence-corrected chi connectivity index (χ0v) is 21.1. The summed E-state index contributed by atoms with van der Waals surface area (Å²) in [5.74, 6) is 1.68. The molecule has 2 aliphatic heterocycles. The topological polar surface area (TPSA) is 93.9 Å². The molecule has 1 aromatic carbocycles. The van der Waals surface area contributed by atoms with Gasteiger partial charge in [-0.15, -0.1) is 6.42 Å². The van der Waals surface area contributed by atoms with E-state index in [1.54, 1.807) is 25.0 Å². The summed E-state index contributed by atoms with van der Waals surface area (Å²) in [7, 11) is 0. The van der Waals surface area contributed by atoms with Crippen LogP contribution in [0.2, 0.25) is 0 Å². The summed E-state index contributed by atoms with van der Waals surface area (Å²) in [4.78, 5) is 27.8. The number of nitrogens with one attached hydrogen (secondary N) is 1. The van der Waals surface area contributed by atoms with Crippen LogP contribution < -0.4 is 29.9 Å². The number of likely N-dealkylation sites (tertiary alicyclic amines) is 1. The van der Waals surface area contributed by atoms with Gasteiger partial charge in [-0.05, 0) is 44.4 Å². The molecule has 5 aliphatic rings. The quantitative estimate of drug-likeness (QED) is 0.467. The molecule has 3 N–H and O–H groups in total. The van der Waals surface area contributed by atoms with Crippen LogP contribution in [0.15, 0.2) is 24.3 Å². The van der Waals surface area contributed by atoms with Crippen LogP contribution in [0.4, 0.5) is 0 Å². The fourth-order valence-electron chi connectivity index (χ4n) is 6.48. The summed E-state index contributed by atoms with van der Waals surface area (Å²) in [6.07, 6.45) is 3.49. The van der Waals surface area contributed by atoms with Crippen molar-refractivity contribution in [1.29, 1.82) is 0 Å². The second-order valence-electron chi connectivity index (χ2n) is 10.9. The minimum absolute atomic E-state index is 0. The minimum atomic E-state index is -0.631. The van der Waals surface area contributed by atoms with Crippen LogP contribution in [0.1, 0.15) is 69.3 Å². The number of amides is 2. The number of benzene rings is 1. The van der Waals surface area contributed by atoms with E-state index >= 15 is 0 Å². The van der Waals surface area contributed by atoms with Gasteiger partial charge in [0, 0.05) is 18.7 Å². The van der Waals surface area contributed by atoms with Gasteiger partial charge in [-0.25, -0.2) is 0 Å². The number of rotatable bonds is 5. The van der Waals surface area contributed by atoms with Crippen molar-refractivity contribution in [2.75, 3.05) is 6.54 Å². The van der Waals surface area contributed by atoms with Gasteiger partial charge in [0.1, 0.15) is 6.04 Å². The number of hydrogen-bond acceptors (Lipinski definition) is 5. The Kier molecular flexibility index (Phi) is 7.00. The van der Waals surface area contributed by atoms with Gasteiger partial charge in [-0.1, -0.05) is 31.9 Å². The molecule has 0 radical (unpaired) electrons. The fraction of sp³-hybridized carbons (Fsp3) is 0.654. The number of carbonyl (C=O) groups excluding carboxylic acids is 2. The zero-order valence-electron chi connectivity index (χ0n) is 21.1. The average Bonchev–Trinajstić information content (AvgIpc) is 3.42. The summed E-state index contributed by atoms with van der Waals surface area (Å²) in [5, 5.41) is 2.86. The maximum absolute atomic E-state index is 13.3. The second-order valence-corrected chi connectivity index (χ2v) is 10.9. The van der Waals surface area contributed by atoms with Crippen LogP contribution in [0.5, 0.6) is 0 Å². The Morgan fingerprint density at radius 1 is 1.24 bits per heavy atom. The Hall–Kier alpha value is -1.36.